The second kappa shape index (κ2) is 7.39. The van der Waals surface area contributed by atoms with Gasteiger partial charge < -0.3 is 19.7 Å². The summed E-state index contributed by atoms with van der Waals surface area (Å²) in [5, 5.41) is 13.7. The molecular formula is C17H22N2O4. The van der Waals surface area contributed by atoms with Gasteiger partial charge in [0.25, 0.3) is 0 Å². The van der Waals surface area contributed by atoms with Gasteiger partial charge in [-0.15, -0.1) is 0 Å². The van der Waals surface area contributed by atoms with Gasteiger partial charge in [0.15, 0.2) is 5.78 Å². The molecule has 0 unspecified atom stereocenters. The minimum absolute atomic E-state index is 0.0250. The molecule has 0 amide bonds. The van der Waals surface area contributed by atoms with E-state index in [1.165, 1.54) is 13.0 Å². The molecule has 23 heavy (non-hydrogen) atoms. The summed E-state index contributed by atoms with van der Waals surface area (Å²) in [6, 6.07) is 4.54. The molecule has 0 radical (unpaired) electrons. The molecule has 0 spiro atoms. The first-order valence-electron chi connectivity index (χ1n) is 7.54. The lowest BCUT2D eigenvalue weighted by Crippen LogP contribution is -2.21. The second-order valence-electron chi connectivity index (χ2n) is 5.85. The molecule has 6 heteroatoms. The third kappa shape index (κ3) is 4.40. The van der Waals surface area contributed by atoms with E-state index >= 15 is 0 Å². The third-order valence-corrected chi connectivity index (χ3v) is 3.58. The van der Waals surface area contributed by atoms with Gasteiger partial charge in [0.1, 0.15) is 16.9 Å². The van der Waals surface area contributed by atoms with E-state index in [0.29, 0.717) is 11.9 Å². The van der Waals surface area contributed by atoms with E-state index < -0.39 is 5.63 Å². The Morgan fingerprint density at radius 2 is 2.04 bits per heavy atom. The number of ketones is 1. The number of benzene rings is 1. The smallest absolute Gasteiger partial charge is 0.347 e. The molecule has 0 atom stereocenters. The Kier molecular flexibility index (Phi) is 5.52. The summed E-state index contributed by atoms with van der Waals surface area (Å²) in [5.41, 5.74) is 0.415. The van der Waals surface area contributed by atoms with Gasteiger partial charge in [-0.05, 0) is 58.2 Å². The number of carbonyl (C=O) groups excluding carboxylic acids is 1. The number of Topliss-reactive ketones (excluding diaryl/α,β-unsaturated/α-hetero) is 1. The van der Waals surface area contributed by atoms with Crippen LogP contribution >= 0.6 is 0 Å². The number of fused-ring (bicyclic) bond motifs is 1. The maximum absolute atomic E-state index is 11.8. The van der Waals surface area contributed by atoms with Gasteiger partial charge in [-0.1, -0.05) is 0 Å². The van der Waals surface area contributed by atoms with E-state index in [1.807, 2.05) is 14.1 Å². The molecule has 2 rings (SSSR count). The summed E-state index contributed by atoms with van der Waals surface area (Å²) in [4.78, 5) is 25.4. The topological polar surface area (TPSA) is 82.8 Å². The van der Waals surface area contributed by atoms with E-state index in [-0.39, 0.29) is 22.7 Å². The molecule has 0 aliphatic heterocycles. The molecule has 6 nitrogen and oxygen atoms in total. The zero-order valence-electron chi connectivity index (χ0n) is 13.7. The van der Waals surface area contributed by atoms with Crippen molar-refractivity contribution < 1.29 is 14.3 Å². The zero-order chi connectivity index (χ0) is 17.0. The lowest BCUT2D eigenvalue weighted by molar-refractivity contribution is 0.101. The molecule has 124 valence electrons. The first kappa shape index (κ1) is 17.2. The van der Waals surface area contributed by atoms with Crippen LogP contribution in [0.4, 0.5) is 0 Å². The standard InChI is InChI=1S/C17H22N2O4/c1-11(20)14-9-15-12(10-18-5-4-6-19(2)3)7-13(21)8-16(15)23-17(14)22/h7-9,18,21H,4-6,10H2,1-3H3. The lowest BCUT2D eigenvalue weighted by atomic mass is 10.1. The molecule has 2 N–H and O–H groups in total. The lowest BCUT2D eigenvalue weighted by Gasteiger charge is -2.11. The van der Waals surface area contributed by atoms with Gasteiger partial charge >= 0.3 is 5.63 Å². The molecule has 2 aromatic rings. The number of carbonyl (C=O) groups is 1. The van der Waals surface area contributed by atoms with E-state index in [4.69, 9.17) is 4.42 Å². The van der Waals surface area contributed by atoms with Crippen LogP contribution in [0, 0.1) is 0 Å². The molecular weight excluding hydrogens is 296 g/mol. The Bertz CT molecular complexity index is 765. The van der Waals surface area contributed by atoms with Crippen molar-refractivity contribution in [1.82, 2.24) is 10.2 Å². The number of phenolic OH excluding ortho intramolecular Hbond substituents is 1. The van der Waals surface area contributed by atoms with Crippen LogP contribution in [0.3, 0.4) is 0 Å². The summed E-state index contributed by atoms with van der Waals surface area (Å²) in [5.74, 6) is -0.306. The normalized spacial score (nSPS) is 11.3. The quantitative estimate of drug-likeness (QED) is 0.460. The number of nitrogens with zero attached hydrogens (tertiary/aromatic N) is 1. The highest BCUT2D eigenvalue weighted by molar-refractivity contribution is 5.97. The monoisotopic (exact) mass is 318 g/mol. The van der Waals surface area contributed by atoms with Crippen molar-refractivity contribution in [2.45, 2.75) is 19.9 Å². The van der Waals surface area contributed by atoms with Crippen molar-refractivity contribution in [2.75, 3.05) is 27.2 Å². The Labute approximate surface area is 134 Å². The third-order valence-electron chi connectivity index (χ3n) is 3.58. The molecule has 0 bridgehead atoms. The maximum atomic E-state index is 11.8. The number of aromatic hydroxyl groups is 1. The summed E-state index contributed by atoms with van der Waals surface area (Å²) >= 11 is 0. The predicted molar refractivity (Wildman–Crippen MR) is 89.0 cm³/mol. The molecule has 0 aliphatic rings. The Hall–Kier alpha value is -2.18. The first-order valence-corrected chi connectivity index (χ1v) is 7.54. The predicted octanol–water partition coefficient (Wildman–Crippen LogP) is 1.74. The number of phenols is 1. The minimum atomic E-state index is -0.680. The van der Waals surface area contributed by atoms with Crippen LogP contribution in [-0.4, -0.2) is 43.0 Å². The molecule has 0 saturated carbocycles. The van der Waals surface area contributed by atoms with Crippen LogP contribution in [-0.2, 0) is 6.54 Å². The fourth-order valence-corrected chi connectivity index (χ4v) is 2.41. The van der Waals surface area contributed by atoms with Crippen molar-refractivity contribution in [2.24, 2.45) is 0 Å². The number of hydrogen-bond donors (Lipinski definition) is 2. The first-order chi connectivity index (χ1) is 10.9. The van der Waals surface area contributed by atoms with E-state index in [2.05, 4.69) is 10.2 Å². The zero-order valence-corrected chi connectivity index (χ0v) is 13.7. The SMILES string of the molecule is CC(=O)c1cc2c(CNCCCN(C)C)cc(O)cc2oc1=O. The minimum Gasteiger partial charge on any atom is -0.508 e. The van der Waals surface area contributed by atoms with E-state index in [9.17, 15) is 14.7 Å². The highest BCUT2D eigenvalue weighted by atomic mass is 16.4. The van der Waals surface area contributed by atoms with Gasteiger partial charge in [-0.25, -0.2) is 4.79 Å². The Morgan fingerprint density at radius 1 is 1.30 bits per heavy atom. The summed E-state index contributed by atoms with van der Waals surface area (Å²) in [6.45, 7) is 3.66. The number of nitrogens with one attached hydrogen (secondary N) is 1. The van der Waals surface area contributed by atoms with Crippen molar-refractivity contribution in [3.05, 3.63) is 39.7 Å². The fourth-order valence-electron chi connectivity index (χ4n) is 2.41. The molecule has 1 heterocycles. The average Bonchev–Trinajstić information content (AvgIpc) is 2.45. The van der Waals surface area contributed by atoms with Crippen LogP contribution in [0.5, 0.6) is 5.75 Å². The number of rotatable bonds is 7. The highest BCUT2D eigenvalue weighted by Crippen LogP contribution is 2.24. The second-order valence-corrected chi connectivity index (χ2v) is 5.85. The van der Waals surface area contributed by atoms with Gasteiger partial charge in [0, 0.05) is 18.0 Å². The largest absolute Gasteiger partial charge is 0.508 e. The maximum Gasteiger partial charge on any atom is 0.347 e. The molecule has 0 aliphatic carbocycles. The van der Waals surface area contributed by atoms with E-state index in [0.717, 1.165) is 25.1 Å². The van der Waals surface area contributed by atoms with Crippen molar-refractivity contribution in [3.63, 3.8) is 0 Å². The van der Waals surface area contributed by atoms with Gasteiger partial charge in [-0.2, -0.15) is 0 Å². The Morgan fingerprint density at radius 3 is 2.70 bits per heavy atom. The molecule has 1 aromatic carbocycles. The number of hydrogen-bond acceptors (Lipinski definition) is 6. The van der Waals surface area contributed by atoms with Gasteiger partial charge in [-0.3, -0.25) is 4.79 Å². The van der Waals surface area contributed by atoms with Crippen molar-refractivity contribution in [3.8, 4) is 5.75 Å². The van der Waals surface area contributed by atoms with Crippen LogP contribution in [0.15, 0.2) is 27.4 Å². The summed E-state index contributed by atoms with van der Waals surface area (Å²) < 4.78 is 5.16. The molecule has 0 fully saturated rings. The van der Waals surface area contributed by atoms with Crippen molar-refractivity contribution >= 4 is 16.8 Å². The van der Waals surface area contributed by atoms with Crippen LogP contribution in [0.25, 0.3) is 11.0 Å². The average molecular weight is 318 g/mol. The van der Waals surface area contributed by atoms with Crippen LogP contribution in [0.1, 0.15) is 29.3 Å². The van der Waals surface area contributed by atoms with Crippen LogP contribution < -0.4 is 10.9 Å². The summed E-state index contributed by atoms with van der Waals surface area (Å²) in [6.07, 6.45) is 0.998. The summed E-state index contributed by atoms with van der Waals surface area (Å²) in [7, 11) is 4.04. The van der Waals surface area contributed by atoms with Gasteiger partial charge in [0.2, 0.25) is 0 Å². The molecule has 1 aromatic heterocycles. The fraction of sp³-hybridized carbons (Fsp3) is 0.412. The Balaban J connectivity index is 2.26. The molecule has 0 saturated heterocycles. The van der Waals surface area contributed by atoms with Crippen LogP contribution in [0.2, 0.25) is 0 Å². The van der Waals surface area contributed by atoms with Gasteiger partial charge in [0.05, 0.1) is 0 Å². The van der Waals surface area contributed by atoms with Crippen molar-refractivity contribution in [1.29, 1.82) is 0 Å². The highest BCUT2D eigenvalue weighted by Gasteiger charge is 2.13. The van der Waals surface area contributed by atoms with E-state index in [1.54, 1.807) is 12.1 Å².